The lowest BCUT2D eigenvalue weighted by Gasteiger charge is -2.26. The zero-order chi connectivity index (χ0) is 21.8. The molecule has 3 heterocycles. The van der Waals surface area contributed by atoms with Gasteiger partial charge in [-0.05, 0) is 69.9 Å². The van der Waals surface area contributed by atoms with E-state index >= 15 is 0 Å². The van der Waals surface area contributed by atoms with Crippen LogP contribution in [-0.2, 0) is 10.0 Å². The number of rotatable bonds is 7. The third-order valence-electron chi connectivity index (χ3n) is 6.15. The van der Waals surface area contributed by atoms with Gasteiger partial charge in [0.05, 0.1) is 10.5 Å². The highest BCUT2D eigenvalue weighted by Crippen LogP contribution is 2.25. The van der Waals surface area contributed by atoms with Gasteiger partial charge < -0.3 is 15.2 Å². The second-order valence-electron chi connectivity index (χ2n) is 8.38. The first-order valence-corrected chi connectivity index (χ1v) is 12.6. The van der Waals surface area contributed by atoms with Gasteiger partial charge in [0.25, 0.3) is 5.91 Å². The summed E-state index contributed by atoms with van der Waals surface area (Å²) in [5.41, 5.74) is 0.268. The first-order valence-electron chi connectivity index (χ1n) is 11.1. The maximum atomic E-state index is 13.1. The summed E-state index contributed by atoms with van der Waals surface area (Å²) in [5, 5.41) is 3.33. The molecule has 1 aromatic carbocycles. The lowest BCUT2D eigenvalue weighted by Crippen LogP contribution is -2.35. The standard InChI is InChI=1S/C22H30N4O4S/c27-21-16-19(22(28)23-9-6-12-25-10-4-5-11-25)18-15-17(7-8-20(18)24-21)31(29,30)26-13-2-1-3-14-26/h7-8,15-16H,1-6,9-14H2,(H,23,28)(H,24,27). The molecular weight excluding hydrogens is 416 g/mol. The average Bonchev–Trinajstić information content (AvgIpc) is 3.30. The number of nitrogens with one attached hydrogen (secondary N) is 2. The van der Waals surface area contributed by atoms with E-state index in [1.165, 1.54) is 35.3 Å². The Labute approximate surface area is 182 Å². The maximum Gasteiger partial charge on any atom is 0.252 e. The Bertz CT molecular complexity index is 1100. The SMILES string of the molecule is O=C(NCCCN1CCCC1)c1cc(=O)[nH]c2ccc(S(=O)(=O)N3CCCCC3)cc12. The highest BCUT2D eigenvalue weighted by Gasteiger charge is 2.26. The third kappa shape index (κ3) is 4.99. The van der Waals surface area contributed by atoms with Crippen LogP contribution in [0.15, 0.2) is 34.0 Å². The highest BCUT2D eigenvalue weighted by atomic mass is 32.2. The van der Waals surface area contributed by atoms with Gasteiger partial charge in [0.1, 0.15) is 0 Å². The fraction of sp³-hybridized carbons (Fsp3) is 0.545. The average molecular weight is 447 g/mol. The van der Waals surface area contributed by atoms with Crippen molar-refractivity contribution in [2.45, 2.75) is 43.4 Å². The minimum atomic E-state index is -3.63. The smallest absolute Gasteiger partial charge is 0.252 e. The Kier molecular flexibility index (Phi) is 6.74. The van der Waals surface area contributed by atoms with Gasteiger partial charge in [-0.25, -0.2) is 8.42 Å². The normalized spacial score (nSPS) is 18.5. The van der Waals surface area contributed by atoms with Crippen LogP contribution in [0.3, 0.4) is 0 Å². The molecule has 0 saturated carbocycles. The Morgan fingerprint density at radius 1 is 1.00 bits per heavy atom. The van der Waals surface area contributed by atoms with Gasteiger partial charge in [0.15, 0.2) is 0 Å². The number of fused-ring (bicyclic) bond motifs is 1. The maximum absolute atomic E-state index is 13.1. The fourth-order valence-electron chi connectivity index (χ4n) is 4.44. The fourth-order valence-corrected chi connectivity index (χ4v) is 5.99. The minimum absolute atomic E-state index is 0.150. The van der Waals surface area contributed by atoms with Crippen LogP contribution in [0.25, 0.3) is 10.9 Å². The molecule has 2 N–H and O–H groups in total. The first kappa shape index (κ1) is 22.0. The summed E-state index contributed by atoms with van der Waals surface area (Å²) in [6, 6.07) is 5.82. The molecule has 2 aromatic rings. The van der Waals surface area contributed by atoms with Gasteiger partial charge in [-0.15, -0.1) is 0 Å². The molecule has 2 aliphatic rings. The van der Waals surface area contributed by atoms with E-state index in [1.807, 2.05) is 0 Å². The van der Waals surface area contributed by atoms with E-state index in [1.54, 1.807) is 6.07 Å². The Morgan fingerprint density at radius 3 is 2.45 bits per heavy atom. The number of H-pyrrole nitrogens is 1. The van der Waals surface area contributed by atoms with Crippen LogP contribution in [0.1, 0.15) is 48.9 Å². The van der Waals surface area contributed by atoms with E-state index in [0.29, 0.717) is 30.5 Å². The van der Waals surface area contributed by atoms with Gasteiger partial charge in [0.2, 0.25) is 15.6 Å². The monoisotopic (exact) mass is 446 g/mol. The van der Waals surface area contributed by atoms with E-state index in [2.05, 4.69) is 15.2 Å². The molecule has 2 fully saturated rings. The van der Waals surface area contributed by atoms with E-state index in [4.69, 9.17) is 0 Å². The minimum Gasteiger partial charge on any atom is -0.352 e. The van der Waals surface area contributed by atoms with Crippen molar-refractivity contribution in [3.05, 3.63) is 40.2 Å². The summed E-state index contributed by atoms with van der Waals surface area (Å²) in [7, 11) is -3.63. The molecule has 2 saturated heterocycles. The van der Waals surface area contributed by atoms with E-state index in [0.717, 1.165) is 45.3 Å². The predicted octanol–water partition coefficient (Wildman–Crippen LogP) is 1.92. The van der Waals surface area contributed by atoms with Crippen LogP contribution in [0.4, 0.5) is 0 Å². The van der Waals surface area contributed by atoms with E-state index < -0.39 is 10.0 Å². The van der Waals surface area contributed by atoms with Crippen molar-refractivity contribution in [1.29, 1.82) is 0 Å². The molecular formula is C22H30N4O4S. The molecule has 0 bridgehead atoms. The van der Waals surface area contributed by atoms with Crippen molar-refractivity contribution >= 4 is 26.8 Å². The van der Waals surface area contributed by atoms with Crippen molar-refractivity contribution in [3.8, 4) is 0 Å². The number of nitrogens with zero attached hydrogens (tertiary/aromatic N) is 2. The Balaban J connectivity index is 1.55. The molecule has 0 atom stereocenters. The Hall–Kier alpha value is -2.23. The van der Waals surface area contributed by atoms with E-state index in [-0.39, 0.29) is 21.9 Å². The van der Waals surface area contributed by atoms with Crippen molar-refractivity contribution in [2.24, 2.45) is 0 Å². The van der Waals surface area contributed by atoms with Crippen LogP contribution >= 0.6 is 0 Å². The lowest BCUT2D eigenvalue weighted by molar-refractivity contribution is 0.0953. The number of pyridine rings is 1. The number of hydrogen-bond acceptors (Lipinski definition) is 5. The number of carbonyl (C=O) groups is 1. The van der Waals surface area contributed by atoms with Crippen molar-refractivity contribution in [3.63, 3.8) is 0 Å². The Morgan fingerprint density at radius 2 is 1.71 bits per heavy atom. The zero-order valence-corrected chi connectivity index (χ0v) is 18.5. The molecule has 0 aliphatic carbocycles. The predicted molar refractivity (Wildman–Crippen MR) is 120 cm³/mol. The number of hydrogen-bond donors (Lipinski definition) is 2. The van der Waals surface area contributed by atoms with Crippen molar-refractivity contribution in [1.82, 2.24) is 19.5 Å². The largest absolute Gasteiger partial charge is 0.352 e. The van der Waals surface area contributed by atoms with Crippen LogP contribution < -0.4 is 10.9 Å². The topological polar surface area (TPSA) is 103 Å². The molecule has 0 radical (unpaired) electrons. The quantitative estimate of drug-likeness (QED) is 0.633. The van der Waals surface area contributed by atoms with Crippen LogP contribution in [0.2, 0.25) is 0 Å². The summed E-state index contributed by atoms with van der Waals surface area (Å²) < 4.78 is 27.6. The van der Waals surface area contributed by atoms with Crippen LogP contribution in [0, 0.1) is 0 Å². The molecule has 8 nitrogen and oxygen atoms in total. The number of likely N-dealkylation sites (tertiary alicyclic amines) is 1. The zero-order valence-electron chi connectivity index (χ0n) is 17.7. The van der Waals surface area contributed by atoms with E-state index in [9.17, 15) is 18.0 Å². The number of aromatic nitrogens is 1. The molecule has 1 aromatic heterocycles. The first-order chi connectivity index (χ1) is 14.9. The number of aromatic amines is 1. The summed E-state index contributed by atoms with van der Waals surface area (Å²) in [4.78, 5) is 30.1. The summed E-state index contributed by atoms with van der Waals surface area (Å²) in [6.45, 7) is 4.69. The van der Waals surface area contributed by atoms with Gasteiger partial charge in [-0.2, -0.15) is 4.31 Å². The molecule has 31 heavy (non-hydrogen) atoms. The molecule has 168 valence electrons. The number of sulfonamides is 1. The van der Waals surface area contributed by atoms with Gasteiger partial charge in [-0.1, -0.05) is 6.42 Å². The third-order valence-corrected chi connectivity index (χ3v) is 8.04. The number of carbonyl (C=O) groups excluding carboxylic acids is 1. The van der Waals surface area contributed by atoms with Crippen LogP contribution in [0.5, 0.6) is 0 Å². The molecule has 0 spiro atoms. The molecule has 9 heteroatoms. The van der Waals surface area contributed by atoms with Crippen molar-refractivity contribution in [2.75, 3.05) is 39.3 Å². The highest BCUT2D eigenvalue weighted by molar-refractivity contribution is 7.89. The van der Waals surface area contributed by atoms with Crippen molar-refractivity contribution < 1.29 is 13.2 Å². The summed E-state index contributed by atoms with van der Waals surface area (Å²) in [6.07, 6.45) is 6.03. The lowest BCUT2D eigenvalue weighted by atomic mass is 10.1. The number of benzene rings is 1. The second-order valence-corrected chi connectivity index (χ2v) is 10.3. The second kappa shape index (κ2) is 9.50. The summed E-state index contributed by atoms with van der Waals surface area (Å²) in [5.74, 6) is -0.356. The molecule has 1 amide bonds. The number of amides is 1. The number of piperidine rings is 1. The van der Waals surface area contributed by atoms with Gasteiger partial charge >= 0.3 is 0 Å². The van der Waals surface area contributed by atoms with Crippen LogP contribution in [-0.4, -0.2) is 67.8 Å². The molecule has 4 rings (SSSR count). The van der Waals surface area contributed by atoms with Gasteiger partial charge in [-0.3, -0.25) is 9.59 Å². The summed E-state index contributed by atoms with van der Waals surface area (Å²) >= 11 is 0. The molecule has 0 unspecified atom stereocenters. The van der Waals surface area contributed by atoms with Gasteiger partial charge in [0, 0.05) is 36.6 Å². The molecule has 2 aliphatic heterocycles.